The molecule has 0 aliphatic carbocycles. The molecule has 2 aromatic rings. The minimum atomic E-state index is -0.992. The van der Waals surface area contributed by atoms with E-state index in [0.717, 1.165) is 16.7 Å². The predicted octanol–water partition coefficient (Wildman–Crippen LogP) is 4.03. The Balaban J connectivity index is 2.15. The van der Waals surface area contributed by atoms with Crippen molar-refractivity contribution in [1.82, 2.24) is 0 Å². The molecule has 1 N–H and O–H groups in total. The lowest BCUT2D eigenvalue weighted by Crippen LogP contribution is -2.29. The Morgan fingerprint density at radius 1 is 1.19 bits per heavy atom. The third-order valence-electron chi connectivity index (χ3n) is 3.34. The van der Waals surface area contributed by atoms with E-state index in [9.17, 15) is 9.90 Å². The summed E-state index contributed by atoms with van der Waals surface area (Å²) in [5.41, 5.74) is 3.04. The van der Waals surface area contributed by atoms with Crippen LogP contribution in [0.1, 0.15) is 16.7 Å². The Morgan fingerprint density at radius 3 is 2.57 bits per heavy atom. The maximum absolute atomic E-state index is 11.4. The highest BCUT2D eigenvalue weighted by molar-refractivity contribution is 6.30. The summed E-state index contributed by atoms with van der Waals surface area (Å²) in [6.45, 7) is 3.97. The van der Waals surface area contributed by atoms with Gasteiger partial charge in [-0.15, -0.1) is 0 Å². The standard InChI is InChI=1S/C17H17ClO3/c1-11-6-7-15(8-12(11)2)21-16(17(19)20)10-13-4-3-5-14(18)9-13/h3-9,16H,10H2,1-2H3,(H,19,20)/t16-/m1/s1. The van der Waals surface area contributed by atoms with Gasteiger partial charge >= 0.3 is 5.97 Å². The van der Waals surface area contributed by atoms with Crippen molar-refractivity contribution < 1.29 is 14.6 Å². The van der Waals surface area contributed by atoms with Crippen molar-refractivity contribution >= 4 is 17.6 Å². The van der Waals surface area contributed by atoms with Crippen LogP contribution in [0.25, 0.3) is 0 Å². The van der Waals surface area contributed by atoms with Crippen LogP contribution in [0.2, 0.25) is 5.02 Å². The van der Waals surface area contributed by atoms with E-state index in [1.165, 1.54) is 0 Å². The molecule has 0 saturated heterocycles. The number of aryl methyl sites for hydroxylation is 2. The molecule has 110 valence electrons. The van der Waals surface area contributed by atoms with Crippen LogP contribution in [0.4, 0.5) is 0 Å². The first kappa shape index (κ1) is 15.4. The Bertz CT molecular complexity index is 652. The summed E-state index contributed by atoms with van der Waals surface area (Å²) >= 11 is 5.92. The molecule has 0 radical (unpaired) electrons. The highest BCUT2D eigenvalue weighted by Gasteiger charge is 2.20. The van der Waals surface area contributed by atoms with Crippen molar-refractivity contribution in [3.63, 3.8) is 0 Å². The lowest BCUT2D eigenvalue weighted by molar-refractivity contribution is -0.145. The van der Waals surface area contributed by atoms with E-state index < -0.39 is 12.1 Å². The molecule has 3 nitrogen and oxygen atoms in total. The van der Waals surface area contributed by atoms with Gasteiger partial charge in [0.1, 0.15) is 5.75 Å². The number of benzene rings is 2. The van der Waals surface area contributed by atoms with Gasteiger partial charge in [0.2, 0.25) is 0 Å². The quantitative estimate of drug-likeness (QED) is 0.907. The van der Waals surface area contributed by atoms with Gasteiger partial charge in [0.25, 0.3) is 0 Å². The summed E-state index contributed by atoms with van der Waals surface area (Å²) in [5, 5.41) is 9.92. The van der Waals surface area contributed by atoms with Crippen LogP contribution in [-0.4, -0.2) is 17.2 Å². The van der Waals surface area contributed by atoms with Crippen molar-refractivity contribution in [1.29, 1.82) is 0 Å². The molecule has 1 atom stereocenters. The molecule has 2 aromatic carbocycles. The lowest BCUT2D eigenvalue weighted by Gasteiger charge is -2.16. The van der Waals surface area contributed by atoms with Crippen molar-refractivity contribution in [3.05, 3.63) is 64.2 Å². The molecule has 0 unspecified atom stereocenters. The van der Waals surface area contributed by atoms with Gasteiger partial charge in [-0.1, -0.05) is 29.8 Å². The van der Waals surface area contributed by atoms with E-state index in [0.29, 0.717) is 10.8 Å². The molecule has 0 aromatic heterocycles. The zero-order valence-electron chi connectivity index (χ0n) is 12.0. The minimum Gasteiger partial charge on any atom is -0.478 e. The molecular weight excluding hydrogens is 288 g/mol. The third kappa shape index (κ3) is 4.23. The molecule has 0 bridgehead atoms. The van der Waals surface area contributed by atoms with Gasteiger partial charge in [0, 0.05) is 11.4 Å². The summed E-state index contributed by atoms with van der Waals surface area (Å²) in [4.78, 5) is 11.4. The van der Waals surface area contributed by atoms with Crippen LogP contribution in [0.3, 0.4) is 0 Å². The molecule has 2 rings (SSSR count). The van der Waals surface area contributed by atoms with E-state index in [4.69, 9.17) is 16.3 Å². The van der Waals surface area contributed by atoms with Crippen LogP contribution in [0.15, 0.2) is 42.5 Å². The van der Waals surface area contributed by atoms with Crippen LogP contribution >= 0.6 is 11.6 Å². The second kappa shape index (κ2) is 6.64. The van der Waals surface area contributed by atoms with E-state index in [-0.39, 0.29) is 6.42 Å². The number of carbonyl (C=O) groups is 1. The monoisotopic (exact) mass is 304 g/mol. The van der Waals surface area contributed by atoms with Gasteiger partial charge < -0.3 is 9.84 Å². The fraction of sp³-hybridized carbons (Fsp3) is 0.235. The number of rotatable bonds is 5. The normalized spacial score (nSPS) is 12.0. The lowest BCUT2D eigenvalue weighted by atomic mass is 10.1. The highest BCUT2D eigenvalue weighted by Crippen LogP contribution is 2.20. The van der Waals surface area contributed by atoms with Gasteiger partial charge in [-0.2, -0.15) is 0 Å². The molecular formula is C17H17ClO3. The summed E-state index contributed by atoms with van der Waals surface area (Å²) in [6.07, 6.45) is -0.673. The van der Waals surface area contributed by atoms with Gasteiger partial charge in [0.05, 0.1) is 0 Å². The summed E-state index contributed by atoms with van der Waals surface area (Å²) in [7, 11) is 0. The number of carboxylic acid groups (broad SMARTS) is 1. The zero-order valence-corrected chi connectivity index (χ0v) is 12.7. The molecule has 0 amide bonds. The van der Waals surface area contributed by atoms with Gasteiger partial charge in [0.15, 0.2) is 6.10 Å². The Hall–Kier alpha value is -2.00. The fourth-order valence-corrected chi connectivity index (χ4v) is 2.22. The molecule has 0 aliphatic heterocycles. The SMILES string of the molecule is Cc1ccc(O[C@H](Cc2cccc(Cl)c2)C(=O)O)cc1C. The number of ether oxygens (including phenoxy) is 1. The van der Waals surface area contributed by atoms with Crippen molar-refractivity contribution in [3.8, 4) is 5.75 Å². The average Bonchev–Trinajstić information content (AvgIpc) is 2.42. The fourth-order valence-electron chi connectivity index (χ4n) is 2.01. The van der Waals surface area contributed by atoms with Crippen LogP contribution < -0.4 is 4.74 Å². The first-order valence-electron chi connectivity index (χ1n) is 6.67. The van der Waals surface area contributed by atoms with Crippen LogP contribution in [-0.2, 0) is 11.2 Å². The average molecular weight is 305 g/mol. The first-order chi connectivity index (χ1) is 9.95. The second-order valence-electron chi connectivity index (χ2n) is 5.02. The van der Waals surface area contributed by atoms with Crippen LogP contribution in [0.5, 0.6) is 5.75 Å². The maximum Gasteiger partial charge on any atom is 0.345 e. The van der Waals surface area contributed by atoms with Crippen molar-refractivity contribution in [2.45, 2.75) is 26.4 Å². The van der Waals surface area contributed by atoms with Crippen molar-refractivity contribution in [2.75, 3.05) is 0 Å². The Labute approximate surface area is 129 Å². The molecule has 0 saturated carbocycles. The summed E-state index contributed by atoms with van der Waals surface area (Å²) in [6, 6.07) is 12.7. The Kier molecular flexibility index (Phi) is 4.86. The number of carboxylic acids is 1. The Morgan fingerprint density at radius 2 is 1.95 bits per heavy atom. The molecule has 0 spiro atoms. The number of hydrogen-bond donors (Lipinski definition) is 1. The van der Waals surface area contributed by atoms with Gasteiger partial charge in [-0.05, 0) is 54.8 Å². The summed E-state index contributed by atoms with van der Waals surface area (Å²) < 4.78 is 5.61. The van der Waals surface area contributed by atoms with Gasteiger partial charge in [-0.25, -0.2) is 4.79 Å². The smallest absolute Gasteiger partial charge is 0.345 e. The highest BCUT2D eigenvalue weighted by atomic mass is 35.5. The van der Waals surface area contributed by atoms with E-state index in [1.807, 2.05) is 32.0 Å². The molecule has 21 heavy (non-hydrogen) atoms. The van der Waals surface area contributed by atoms with E-state index >= 15 is 0 Å². The van der Waals surface area contributed by atoms with E-state index in [1.54, 1.807) is 24.3 Å². The van der Waals surface area contributed by atoms with Crippen molar-refractivity contribution in [2.24, 2.45) is 0 Å². The second-order valence-corrected chi connectivity index (χ2v) is 5.46. The number of aliphatic carboxylic acids is 1. The topological polar surface area (TPSA) is 46.5 Å². The molecule has 0 heterocycles. The maximum atomic E-state index is 11.4. The summed E-state index contributed by atoms with van der Waals surface area (Å²) in [5.74, 6) is -0.430. The predicted molar refractivity (Wildman–Crippen MR) is 83.1 cm³/mol. The largest absolute Gasteiger partial charge is 0.478 e. The molecule has 0 fully saturated rings. The third-order valence-corrected chi connectivity index (χ3v) is 3.58. The zero-order chi connectivity index (χ0) is 15.4. The van der Waals surface area contributed by atoms with Gasteiger partial charge in [-0.3, -0.25) is 0 Å². The van der Waals surface area contributed by atoms with Crippen LogP contribution in [0, 0.1) is 13.8 Å². The molecule has 0 aliphatic rings. The number of halogens is 1. The minimum absolute atomic E-state index is 0.267. The van der Waals surface area contributed by atoms with E-state index in [2.05, 4.69) is 0 Å². The number of hydrogen-bond acceptors (Lipinski definition) is 2. The molecule has 4 heteroatoms. The first-order valence-corrected chi connectivity index (χ1v) is 7.04.